The third kappa shape index (κ3) is 4.46. The fourth-order valence-corrected chi connectivity index (χ4v) is 8.04. The molecule has 0 aliphatic rings. The van der Waals surface area contributed by atoms with Crippen molar-refractivity contribution >= 4 is 70.1 Å². The molecule has 0 bridgehead atoms. The van der Waals surface area contributed by atoms with Gasteiger partial charge in [-0.3, -0.25) is 0 Å². The molecule has 8 aromatic carbocycles. The summed E-state index contributed by atoms with van der Waals surface area (Å²) in [6, 6.07) is 63.9. The second kappa shape index (κ2) is 11.0. The first-order valence-corrected chi connectivity index (χ1v) is 16.5. The Bertz CT molecular complexity index is 2510. The van der Waals surface area contributed by atoms with E-state index in [-0.39, 0.29) is 0 Å². The molecule has 1 nitrogen and oxygen atoms in total. The Labute approximate surface area is 272 Å². The Morgan fingerprint density at radius 3 is 1.78 bits per heavy atom. The quantitative estimate of drug-likeness (QED) is 0.189. The summed E-state index contributed by atoms with van der Waals surface area (Å²) in [7, 11) is 0. The smallest absolute Gasteiger partial charge is 0.0540 e. The average Bonchev–Trinajstić information content (AvgIpc) is 3.51. The number of hydrogen-bond acceptors (Lipinski definition) is 2. The lowest BCUT2D eigenvalue weighted by molar-refractivity contribution is 1.30. The van der Waals surface area contributed by atoms with Gasteiger partial charge in [0.15, 0.2) is 0 Å². The highest BCUT2D eigenvalue weighted by atomic mass is 32.1. The SMILES string of the molecule is c1ccc(-c2ccc(N(c3ccc4c(c3)sc3ccc5ccccc5c34)c3ccc(-c4ccccc4)c4ccccc34)cc2)cc1. The van der Waals surface area contributed by atoms with Gasteiger partial charge in [-0.1, -0.05) is 140 Å². The summed E-state index contributed by atoms with van der Waals surface area (Å²) in [5.41, 5.74) is 8.33. The molecule has 0 atom stereocenters. The maximum Gasteiger partial charge on any atom is 0.0540 e. The van der Waals surface area contributed by atoms with Crippen LogP contribution in [0.3, 0.4) is 0 Å². The molecule has 1 heterocycles. The molecule has 46 heavy (non-hydrogen) atoms. The van der Waals surface area contributed by atoms with Crippen molar-refractivity contribution in [3.05, 3.63) is 176 Å². The summed E-state index contributed by atoms with van der Waals surface area (Å²) in [4.78, 5) is 2.42. The van der Waals surface area contributed by atoms with Crippen molar-refractivity contribution in [2.24, 2.45) is 0 Å². The van der Waals surface area contributed by atoms with Crippen LogP contribution in [0.15, 0.2) is 176 Å². The van der Waals surface area contributed by atoms with Gasteiger partial charge >= 0.3 is 0 Å². The minimum atomic E-state index is 1.13. The van der Waals surface area contributed by atoms with Crippen LogP contribution in [-0.2, 0) is 0 Å². The van der Waals surface area contributed by atoms with Crippen LogP contribution in [0, 0.1) is 0 Å². The number of benzene rings is 8. The van der Waals surface area contributed by atoms with Gasteiger partial charge in [-0.25, -0.2) is 0 Å². The first-order chi connectivity index (χ1) is 22.8. The van der Waals surface area contributed by atoms with E-state index in [1.807, 2.05) is 11.3 Å². The van der Waals surface area contributed by atoms with E-state index in [0.29, 0.717) is 0 Å². The first-order valence-electron chi connectivity index (χ1n) is 15.7. The van der Waals surface area contributed by atoms with Gasteiger partial charge in [-0.15, -0.1) is 11.3 Å². The molecule has 0 aliphatic carbocycles. The van der Waals surface area contributed by atoms with Gasteiger partial charge < -0.3 is 4.90 Å². The van der Waals surface area contributed by atoms with Crippen LogP contribution in [0.1, 0.15) is 0 Å². The Balaban J connectivity index is 1.26. The standard InChI is InChI=1S/C44H29NS/c1-3-11-30(12-4-1)31-19-22-34(23-20-31)45(41-27-26-36(32-13-5-2-6-14-32)38-17-9-10-18-39(38)41)35-24-25-40-43(29-35)46-42-28-21-33-15-7-8-16-37(33)44(40)42/h1-29H. The van der Waals surface area contributed by atoms with Gasteiger partial charge in [0.2, 0.25) is 0 Å². The van der Waals surface area contributed by atoms with Crippen LogP contribution < -0.4 is 4.90 Å². The highest BCUT2D eigenvalue weighted by molar-refractivity contribution is 7.26. The largest absolute Gasteiger partial charge is 0.310 e. The van der Waals surface area contributed by atoms with Crippen molar-refractivity contribution in [3.8, 4) is 22.3 Å². The molecular weight excluding hydrogens is 575 g/mol. The Morgan fingerprint density at radius 1 is 0.370 bits per heavy atom. The van der Waals surface area contributed by atoms with Gasteiger partial charge in [0.05, 0.1) is 5.69 Å². The van der Waals surface area contributed by atoms with E-state index < -0.39 is 0 Å². The van der Waals surface area contributed by atoms with E-state index in [1.165, 1.54) is 64.0 Å². The highest BCUT2D eigenvalue weighted by Gasteiger charge is 2.19. The van der Waals surface area contributed by atoms with Crippen LogP contribution in [-0.4, -0.2) is 0 Å². The van der Waals surface area contributed by atoms with Gasteiger partial charge in [-0.2, -0.15) is 0 Å². The fourth-order valence-electron chi connectivity index (χ4n) is 6.88. The third-order valence-electron chi connectivity index (χ3n) is 9.06. The van der Waals surface area contributed by atoms with Crippen molar-refractivity contribution in [2.75, 3.05) is 4.90 Å². The number of rotatable bonds is 5. The maximum atomic E-state index is 2.42. The second-order valence-corrected chi connectivity index (χ2v) is 12.8. The lowest BCUT2D eigenvalue weighted by Crippen LogP contribution is -2.10. The summed E-state index contributed by atoms with van der Waals surface area (Å²) in [6.07, 6.45) is 0. The van der Waals surface area contributed by atoms with Crippen molar-refractivity contribution < 1.29 is 0 Å². The normalized spacial score (nSPS) is 11.5. The van der Waals surface area contributed by atoms with E-state index in [9.17, 15) is 0 Å². The molecule has 2 heteroatoms. The minimum absolute atomic E-state index is 1.13. The number of hydrogen-bond donors (Lipinski definition) is 0. The molecule has 9 aromatic rings. The fraction of sp³-hybridized carbons (Fsp3) is 0. The molecule has 0 saturated heterocycles. The summed E-state index contributed by atoms with van der Waals surface area (Å²) < 4.78 is 2.61. The predicted molar refractivity (Wildman–Crippen MR) is 200 cm³/mol. The van der Waals surface area contributed by atoms with E-state index in [0.717, 1.165) is 17.1 Å². The van der Waals surface area contributed by atoms with Gasteiger partial charge in [0.1, 0.15) is 0 Å². The highest BCUT2D eigenvalue weighted by Crippen LogP contribution is 2.45. The van der Waals surface area contributed by atoms with Crippen molar-refractivity contribution in [3.63, 3.8) is 0 Å². The Kier molecular flexibility index (Phi) is 6.40. The van der Waals surface area contributed by atoms with E-state index in [4.69, 9.17) is 0 Å². The van der Waals surface area contributed by atoms with Crippen LogP contribution >= 0.6 is 11.3 Å². The van der Waals surface area contributed by atoms with Gasteiger partial charge in [-0.05, 0) is 74.8 Å². The van der Waals surface area contributed by atoms with Crippen molar-refractivity contribution in [2.45, 2.75) is 0 Å². The topological polar surface area (TPSA) is 3.24 Å². The predicted octanol–water partition coefficient (Wildman–Crippen LogP) is 13.2. The van der Waals surface area contributed by atoms with Crippen molar-refractivity contribution in [1.82, 2.24) is 0 Å². The molecule has 0 spiro atoms. The molecule has 1 aromatic heterocycles. The molecule has 0 aliphatic heterocycles. The lowest BCUT2D eigenvalue weighted by atomic mass is 9.96. The number of thiophene rings is 1. The first kappa shape index (κ1) is 26.7. The molecular formula is C44H29NS. The second-order valence-electron chi connectivity index (χ2n) is 11.7. The zero-order chi connectivity index (χ0) is 30.5. The summed E-state index contributed by atoms with van der Waals surface area (Å²) in [5.74, 6) is 0. The Morgan fingerprint density at radius 2 is 1.00 bits per heavy atom. The molecule has 0 fully saturated rings. The zero-order valence-electron chi connectivity index (χ0n) is 25.1. The molecule has 9 rings (SSSR count). The van der Waals surface area contributed by atoms with Crippen LogP contribution in [0.2, 0.25) is 0 Å². The maximum absolute atomic E-state index is 2.42. The van der Waals surface area contributed by atoms with E-state index >= 15 is 0 Å². The number of nitrogens with zero attached hydrogens (tertiary/aromatic N) is 1. The molecule has 0 saturated carbocycles. The summed E-state index contributed by atoms with van der Waals surface area (Å²) >= 11 is 1.87. The molecule has 216 valence electrons. The third-order valence-corrected chi connectivity index (χ3v) is 10.2. The monoisotopic (exact) mass is 603 g/mol. The Hall–Kier alpha value is -5.70. The molecule has 0 amide bonds. The molecule has 0 radical (unpaired) electrons. The number of anilines is 3. The van der Waals surface area contributed by atoms with E-state index in [2.05, 4.69) is 181 Å². The minimum Gasteiger partial charge on any atom is -0.310 e. The van der Waals surface area contributed by atoms with Crippen LogP contribution in [0.4, 0.5) is 17.1 Å². The van der Waals surface area contributed by atoms with Crippen molar-refractivity contribution in [1.29, 1.82) is 0 Å². The van der Waals surface area contributed by atoms with Gasteiger partial charge in [0.25, 0.3) is 0 Å². The lowest BCUT2D eigenvalue weighted by Gasteiger charge is -2.28. The average molecular weight is 604 g/mol. The van der Waals surface area contributed by atoms with Crippen LogP contribution in [0.5, 0.6) is 0 Å². The molecule has 0 N–H and O–H groups in total. The summed E-state index contributed by atoms with van der Waals surface area (Å²) in [5, 5.41) is 7.72. The van der Waals surface area contributed by atoms with Gasteiger partial charge in [0, 0.05) is 36.9 Å². The number of fused-ring (bicyclic) bond motifs is 6. The summed E-state index contributed by atoms with van der Waals surface area (Å²) in [6.45, 7) is 0. The molecule has 0 unspecified atom stereocenters. The van der Waals surface area contributed by atoms with E-state index in [1.54, 1.807) is 0 Å². The van der Waals surface area contributed by atoms with Crippen LogP contribution in [0.25, 0.3) is 64.0 Å². The zero-order valence-corrected chi connectivity index (χ0v) is 25.9.